The maximum Gasteiger partial charge on any atom is 0.276 e. The van der Waals surface area contributed by atoms with Crippen LogP contribution in [0, 0.1) is 0 Å². The number of fused-ring (bicyclic) bond motifs is 8. The molecule has 5 aromatic carbocycles. The van der Waals surface area contributed by atoms with Crippen molar-refractivity contribution in [3.05, 3.63) is 136 Å². The maximum atomic E-state index is 14.4. The van der Waals surface area contributed by atoms with Gasteiger partial charge in [-0.2, -0.15) is 8.42 Å². The Morgan fingerprint density at radius 3 is 2.18 bits per heavy atom. The summed E-state index contributed by atoms with van der Waals surface area (Å²) in [7, 11) is 3.06. The van der Waals surface area contributed by atoms with Crippen molar-refractivity contribution in [1.29, 1.82) is 0 Å². The van der Waals surface area contributed by atoms with E-state index in [1.54, 1.807) is 53.0 Å². The fraction of sp³-hybridized carbons (Fsp3) is 0.429. The molecule has 452 valence electrons. The molecule has 0 saturated heterocycles. The predicted molar refractivity (Wildman–Crippen MR) is 334 cm³/mol. The smallest absolute Gasteiger partial charge is 0.276 e. The fourth-order valence-electron chi connectivity index (χ4n) is 11.4. The Bertz CT molecular complexity index is 3430. The molecule has 3 N–H and O–H groups in total. The van der Waals surface area contributed by atoms with Gasteiger partial charge in [-0.25, -0.2) is 0 Å². The summed E-state index contributed by atoms with van der Waals surface area (Å²) in [5.74, 6) is 0.827. The van der Waals surface area contributed by atoms with E-state index in [-0.39, 0.29) is 49.3 Å². The molecular formula is C63H74N6O13S3. The summed E-state index contributed by atoms with van der Waals surface area (Å²) in [6, 6.07) is 28.6. The van der Waals surface area contributed by atoms with Crippen molar-refractivity contribution in [3.8, 4) is 23.0 Å². The van der Waals surface area contributed by atoms with Crippen LogP contribution in [0.2, 0.25) is 0 Å². The van der Waals surface area contributed by atoms with Gasteiger partial charge in [-0.15, -0.1) is 0 Å². The number of rotatable bonds is 28. The molecule has 1 saturated carbocycles. The van der Waals surface area contributed by atoms with E-state index in [0.29, 0.717) is 111 Å². The summed E-state index contributed by atoms with van der Waals surface area (Å²) in [5.41, 5.74) is 9.09. The van der Waals surface area contributed by atoms with Gasteiger partial charge in [0, 0.05) is 91.5 Å². The van der Waals surface area contributed by atoms with Crippen LogP contribution in [0.5, 0.6) is 23.0 Å². The number of amides is 3. The monoisotopic (exact) mass is 1220 g/mol. The third-order valence-corrected chi connectivity index (χ3v) is 20.0. The van der Waals surface area contributed by atoms with Crippen LogP contribution in [-0.4, -0.2) is 139 Å². The molecule has 19 nitrogen and oxygen atoms in total. The van der Waals surface area contributed by atoms with Crippen molar-refractivity contribution in [2.45, 2.75) is 94.1 Å². The molecule has 3 amide bonds. The van der Waals surface area contributed by atoms with Gasteiger partial charge in [0.15, 0.2) is 28.2 Å². The lowest BCUT2D eigenvalue weighted by Crippen LogP contribution is -2.44. The summed E-state index contributed by atoms with van der Waals surface area (Å²) in [4.78, 5) is 52.5. The Hall–Kier alpha value is -6.79. The number of allylic oxidation sites excluding steroid dienone is 1. The molecule has 85 heavy (non-hydrogen) atoms. The molecule has 10 rings (SSSR count). The molecule has 2 atom stereocenters. The molecule has 5 aromatic rings. The second-order valence-corrected chi connectivity index (χ2v) is 26.8. The Morgan fingerprint density at radius 1 is 0.812 bits per heavy atom. The van der Waals surface area contributed by atoms with E-state index in [1.165, 1.54) is 17.9 Å². The Balaban J connectivity index is 0.929. The van der Waals surface area contributed by atoms with Crippen molar-refractivity contribution < 1.29 is 60.5 Å². The predicted octanol–water partition coefficient (Wildman–Crippen LogP) is 10.0. The number of carbonyl (C=O) groups is 3. The molecule has 1 fully saturated rings. The van der Waals surface area contributed by atoms with Gasteiger partial charge in [-0.05, 0) is 104 Å². The van der Waals surface area contributed by atoms with Gasteiger partial charge < -0.3 is 48.7 Å². The Kier molecular flexibility index (Phi) is 20.0. The van der Waals surface area contributed by atoms with E-state index in [2.05, 4.69) is 35.4 Å². The third kappa shape index (κ3) is 14.7. The van der Waals surface area contributed by atoms with Gasteiger partial charge in [0.25, 0.3) is 21.9 Å². The van der Waals surface area contributed by atoms with E-state index in [0.717, 1.165) is 70.7 Å². The number of ether oxygens (including phenoxy) is 7. The van der Waals surface area contributed by atoms with Crippen LogP contribution < -0.4 is 44.3 Å². The molecule has 22 heteroatoms. The van der Waals surface area contributed by atoms with Gasteiger partial charge >= 0.3 is 0 Å². The first-order valence-corrected chi connectivity index (χ1v) is 32.5. The number of para-hydroxylation sites is 2. The standard InChI is InChI=1S/C63H74N6O13S3/c1-63(2,84-83-27-19-59(85(73,74)75)60(70)66-45-14-8-9-15-45)40-67(21-22-79-25-26-80-24-23-76-3)47-29-41(38-81-57-35-51-49(33-55(57)77-4)61(71)68-46(18-20-64-51)31-43-12-6-10-16-53(43)68)28-42(30-47)39-82-58-36-52-50(34-56(58)78-5)62(72)69-48(37-65-52)32-44-13-7-11-17-54(44)69/h6-7,10-13,16-18,28-30,33-37,45,48,59,64H,8-9,14-15,19-27,31-32,38-40H2,1-5H3,(H,66,70)(H,73,74,75). The first kappa shape index (κ1) is 61.3. The van der Waals surface area contributed by atoms with E-state index in [4.69, 9.17) is 38.2 Å². The topological polar surface area (TPSA) is 216 Å². The molecule has 4 aliphatic heterocycles. The largest absolute Gasteiger partial charge is 0.493 e. The minimum absolute atomic E-state index is 0.0575. The molecular weight excluding hydrogens is 1140 g/mol. The second kappa shape index (κ2) is 27.7. The highest BCUT2D eigenvalue weighted by atomic mass is 33.1. The molecule has 0 radical (unpaired) electrons. The molecule has 0 aromatic heterocycles. The van der Waals surface area contributed by atoms with Gasteiger partial charge in [0.05, 0.1) is 81.5 Å². The number of benzene rings is 5. The van der Waals surface area contributed by atoms with E-state index in [1.807, 2.05) is 79.0 Å². The first-order chi connectivity index (χ1) is 41.1. The zero-order chi connectivity index (χ0) is 59.7. The average Bonchev–Trinajstić information content (AvgIpc) is 1.97. The fourth-order valence-corrected chi connectivity index (χ4v) is 14.9. The van der Waals surface area contributed by atoms with Crippen LogP contribution in [0.25, 0.3) is 0 Å². The highest BCUT2D eigenvalue weighted by molar-refractivity contribution is 8.77. The van der Waals surface area contributed by atoms with Crippen molar-refractivity contribution in [3.63, 3.8) is 0 Å². The average molecular weight is 1220 g/mol. The lowest BCUT2D eigenvalue weighted by Gasteiger charge is -2.34. The maximum absolute atomic E-state index is 14.4. The number of hydrogen-bond acceptors (Lipinski definition) is 17. The van der Waals surface area contributed by atoms with Crippen LogP contribution in [0.15, 0.2) is 108 Å². The lowest BCUT2D eigenvalue weighted by atomic mass is 10.1. The summed E-state index contributed by atoms with van der Waals surface area (Å²) < 4.78 is 76.9. The Morgan fingerprint density at radius 2 is 1.47 bits per heavy atom. The van der Waals surface area contributed by atoms with Crippen LogP contribution in [0.3, 0.4) is 0 Å². The summed E-state index contributed by atoms with van der Waals surface area (Å²) >= 11 is 0. The highest BCUT2D eigenvalue weighted by Gasteiger charge is 2.38. The van der Waals surface area contributed by atoms with Crippen molar-refractivity contribution in [1.82, 2.24) is 5.32 Å². The highest BCUT2D eigenvalue weighted by Crippen LogP contribution is 2.44. The minimum atomic E-state index is -4.65. The van der Waals surface area contributed by atoms with E-state index < -0.39 is 26.0 Å². The summed E-state index contributed by atoms with van der Waals surface area (Å²) in [6.07, 6.45) is 8.61. The molecule has 5 aliphatic rings. The van der Waals surface area contributed by atoms with Gasteiger partial charge in [0.2, 0.25) is 5.91 Å². The van der Waals surface area contributed by atoms with Crippen molar-refractivity contribution >= 4 is 84.1 Å². The zero-order valence-electron chi connectivity index (χ0n) is 48.6. The van der Waals surface area contributed by atoms with Crippen molar-refractivity contribution in [2.24, 2.45) is 4.99 Å². The molecule has 1 aliphatic carbocycles. The van der Waals surface area contributed by atoms with Gasteiger partial charge in [-0.1, -0.05) is 70.8 Å². The lowest BCUT2D eigenvalue weighted by molar-refractivity contribution is -0.121. The number of nitrogens with one attached hydrogen (secondary N) is 2. The van der Waals surface area contributed by atoms with E-state index >= 15 is 0 Å². The number of anilines is 4. The number of hydrogen-bond donors (Lipinski definition) is 3. The quantitative estimate of drug-likeness (QED) is 0.0241. The minimum Gasteiger partial charge on any atom is -0.493 e. The summed E-state index contributed by atoms with van der Waals surface area (Å²) in [5, 5.41) is 4.72. The van der Waals surface area contributed by atoms with Crippen LogP contribution in [-0.2, 0) is 55.2 Å². The van der Waals surface area contributed by atoms with Crippen molar-refractivity contribution in [2.75, 3.05) is 99.8 Å². The molecule has 2 unspecified atom stereocenters. The normalized spacial score (nSPS) is 16.6. The van der Waals surface area contributed by atoms with Crippen LogP contribution >= 0.6 is 21.6 Å². The summed E-state index contributed by atoms with van der Waals surface area (Å²) in [6.45, 7) is 7.75. The third-order valence-electron chi connectivity index (χ3n) is 15.6. The molecule has 0 spiro atoms. The zero-order valence-corrected chi connectivity index (χ0v) is 51.1. The van der Waals surface area contributed by atoms with Crippen LogP contribution in [0.4, 0.5) is 28.4 Å². The number of nitrogens with zero attached hydrogens (tertiary/aromatic N) is 4. The molecule has 0 bridgehead atoms. The second-order valence-electron chi connectivity index (χ2n) is 22.1. The SMILES string of the molecule is COCCOCCOCCN(CC(C)(C)SSCCC(C(=O)NC1CCCC1)S(=O)(=O)O)c1cc(COc2cc3c(cc2OC)C(=O)N2c4ccccc4CC2C=N3)cc(COc2cc3c(cc2OC)C(=O)N2C(=CCN3)Cc3ccccc32)c1. The van der Waals surface area contributed by atoms with Crippen LogP contribution in [0.1, 0.15) is 88.9 Å². The number of carbonyl (C=O) groups excluding carboxylic acids is 3. The number of methoxy groups -OCH3 is 3. The van der Waals surface area contributed by atoms with Gasteiger partial charge in [-0.3, -0.25) is 33.7 Å². The van der Waals surface area contributed by atoms with Gasteiger partial charge in [0.1, 0.15) is 13.2 Å². The first-order valence-electron chi connectivity index (χ1n) is 28.7. The molecule has 4 heterocycles. The Labute approximate surface area is 505 Å². The number of aliphatic imine (C=N–C) groups is 1. The van der Waals surface area contributed by atoms with E-state index in [9.17, 15) is 27.4 Å².